The summed E-state index contributed by atoms with van der Waals surface area (Å²) in [7, 11) is 0. The summed E-state index contributed by atoms with van der Waals surface area (Å²) in [6, 6.07) is 0. The number of hydrogen-bond donors (Lipinski definition) is 0. The molecule has 3 aliphatic rings. The Labute approximate surface area is 96.5 Å². The molecule has 0 aromatic rings. The quantitative estimate of drug-likeness (QED) is 0.534. The predicted molar refractivity (Wildman–Crippen MR) is 59.0 cm³/mol. The Balaban J connectivity index is 1.62. The van der Waals surface area contributed by atoms with Crippen molar-refractivity contribution in [1.29, 1.82) is 0 Å². The standard InChI is InChI=1S/C13H20O3/c1-12(13(16-12)8-4-5-9-13)11(14)15-10-6-2-3-7-10/h10H,2-9H2,1H3. The molecule has 1 spiro atoms. The Bertz CT molecular complexity index is 300. The second-order valence-corrected chi connectivity index (χ2v) is 5.65. The first kappa shape index (κ1) is 10.6. The second kappa shape index (κ2) is 3.46. The van der Waals surface area contributed by atoms with Crippen LogP contribution in [0.3, 0.4) is 0 Å². The molecule has 3 fully saturated rings. The number of ether oxygens (including phenoxy) is 2. The number of hydrogen-bond acceptors (Lipinski definition) is 3. The van der Waals surface area contributed by atoms with Crippen LogP contribution in [0.1, 0.15) is 58.3 Å². The Morgan fingerprint density at radius 1 is 1.19 bits per heavy atom. The molecule has 0 N–H and O–H groups in total. The molecule has 0 bridgehead atoms. The summed E-state index contributed by atoms with van der Waals surface area (Å²) in [6.07, 6.45) is 9.06. The summed E-state index contributed by atoms with van der Waals surface area (Å²) in [5.74, 6) is -0.110. The predicted octanol–water partition coefficient (Wildman–Crippen LogP) is 2.57. The number of esters is 1. The van der Waals surface area contributed by atoms with E-state index in [9.17, 15) is 4.79 Å². The third kappa shape index (κ3) is 1.41. The van der Waals surface area contributed by atoms with Gasteiger partial charge in [-0.15, -0.1) is 0 Å². The third-order valence-corrected chi connectivity index (χ3v) is 4.60. The van der Waals surface area contributed by atoms with Gasteiger partial charge in [0.05, 0.1) is 0 Å². The van der Waals surface area contributed by atoms with Crippen molar-refractivity contribution in [2.75, 3.05) is 0 Å². The van der Waals surface area contributed by atoms with Crippen molar-refractivity contribution in [3.8, 4) is 0 Å². The summed E-state index contributed by atoms with van der Waals surface area (Å²) >= 11 is 0. The highest BCUT2D eigenvalue weighted by Gasteiger charge is 2.72. The first-order chi connectivity index (χ1) is 7.66. The van der Waals surface area contributed by atoms with Crippen molar-refractivity contribution >= 4 is 5.97 Å². The van der Waals surface area contributed by atoms with E-state index in [1.807, 2.05) is 6.92 Å². The van der Waals surface area contributed by atoms with Crippen LogP contribution in [0.5, 0.6) is 0 Å². The lowest BCUT2D eigenvalue weighted by atomic mass is 9.93. The van der Waals surface area contributed by atoms with E-state index in [4.69, 9.17) is 9.47 Å². The molecule has 1 aliphatic heterocycles. The van der Waals surface area contributed by atoms with Gasteiger partial charge in [-0.2, -0.15) is 0 Å². The van der Waals surface area contributed by atoms with Crippen LogP contribution < -0.4 is 0 Å². The van der Waals surface area contributed by atoms with Crippen molar-refractivity contribution < 1.29 is 14.3 Å². The maximum Gasteiger partial charge on any atom is 0.341 e. The van der Waals surface area contributed by atoms with Crippen LogP contribution in [-0.4, -0.2) is 23.3 Å². The first-order valence-corrected chi connectivity index (χ1v) is 6.58. The van der Waals surface area contributed by atoms with Gasteiger partial charge >= 0.3 is 5.97 Å². The van der Waals surface area contributed by atoms with Gasteiger partial charge in [-0.25, -0.2) is 4.79 Å². The summed E-state index contributed by atoms with van der Waals surface area (Å²) < 4.78 is 11.3. The van der Waals surface area contributed by atoms with Crippen molar-refractivity contribution in [3.63, 3.8) is 0 Å². The first-order valence-electron chi connectivity index (χ1n) is 6.58. The Morgan fingerprint density at radius 2 is 1.81 bits per heavy atom. The molecule has 90 valence electrons. The maximum atomic E-state index is 12.1. The van der Waals surface area contributed by atoms with Gasteiger partial charge in [0.25, 0.3) is 0 Å². The van der Waals surface area contributed by atoms with Crippen LogP contribution in [0.15, 0.2) is 0 Å². The summed E-state index contributed by atoms with van der Waals surface area (Å²) in [5.41, 5.74) is -0.769. The lowest BCUT2D eigenvalue weighted by molar-refractivity contribution is -0.154. The molecular formula is C13H20O3. The molecule has 0 aromatic carbocycles. The highest BCUT2D eigenvalue weighted by atomic mass is 16.7. The van der Waals surface area contributed by atoms with Gasteiger partial charge in [-0.05, 0) is 45.4 Å². The van der Waals surface area contributed by atoms with Crippen LogP contribution in [0.25, 0.3) is 0 Å². The van der Waals surface area contributed by atoms with E-state index in [-0.39, 0.29) is 17.7 Å². The molecule has 0 radical (unpaired) electrons. The lowest BCUT2D eigenvalue weighted by Gasteiger charge is -2.15. The largest absolute Gasteiger partial charge is 0.460 e. The minimum Gasteiger partial charge on any atom is -0.460 e. The van der Waals surface area contributed by atoms with Crippen LogP contribution >= 0.6 is 0 Å². The highest BCUT2D eigenvalue weighted by molar-refractivity contribution is 5.84. The summed E-state index contributed by atoms with van der Waals surface area (Å²) in [6.45, 7) is 1.91. The SMILES string of the molecule is CC1(C(=O)OC2CCCC2)OC12CCCC2. The molecule has 0 amide bonds. The van der Waals surface area contributed by atoms with Crippen molar-refractivity contribution in [2.24, 2.45) is 0 Å². The molecular weight excluding hydrogens is 204 g/mol. The van der Waals surface area contributed by atoms with Crippen LogP contribution in [0.2, 0.25) is 0 Å². The maximum absolute atomic E-state index is 12.1. The molecule has 0 aromatic heterocycles. The highest BCUT2D eigenvalue weighted by Crippen LogP contribution is 2.58. The molecule has 1 unspecified atom stereocenters. The zero-order chi connectivity index (χ0) is 11.2. The number of epoxide rings is 1. The van der Waals surface area contributed by atoms with Gasteiger partial charge < -0.3 is 9.47 Å². The molecule has 3 rings (SSSR count). The van der Waals surface area contributed by atoms with E-state index in [1.165, 1.54) is 25.7 Å². The Morgan fingerprint density at radius 3 is 2.44 bits per heavy atom. The average molecular weight is 224 g/mol. The number of carbonyl (C=O) groups excluding carboxylic acids is 1. The van der Waals surface area contributed by atoms with Crippen molar-refractivity contribution in [1.82, 2.24) is 0 Å². The van der Waals surface area contributed by atoms with E-state index in [0.29, 0.717) is 0 Å². The van der Waals surface area contributed by atoms with Gasteiger partial charge in [0.15, 0.2) is 5.60 Å². The van der Waals surface area contributed by atoms with Gasteiger partial charge in [0.2, 0.25) is 0 Å². The molecule has 3 nitrogen and oxygen atoms in total. The van der Waals surface area contributed by atoms with E-state index < -0.39 is 5.60 Å². The van der Waals surface area contributed by atoms with Gasteiger partial charge in [-0.1, -0.05) is 12.8 Å². The Hall–Kier alpha value is -0.570. The monoisotopic (exact) mass is 224 g/mol. The van der Waals surface area contributed by atoms with Gasteiger partial charge in [0, 0.05) is 0 Å². The van der Waals surface area contributed by atoms with Gasteiger partial charge in [0.1, 0.15) is 11.7 Å². The molecule has 3 heteroatoms. The summed E-state index contributed by atoms with van der Waals surface area (Å²) in [4.78, 5) is 12.1. The fraction of sp³-hybridized carbons (Fsp3) is 0.923. The molecule has 1 saturated heterocycles. The number of rotatable bonds is 2. The molecule has 2 saturated carbocycles. The third-order valence-electron chi connectivity index (χ3n) is 4.60. The van der Waals surface area contributed by atoms with Gasteiger partial charge in [-0.3, -0.25) is 0 Å². The van der Waals surface area contributed by atoms with E-state index in [0.717, 1.165) is 25.7 Å². The van der Waals surface area contributed by atoms with Crippen LogP contribution in [0, 0.1) is 0 Å². The molecule has 1 atom stereocenters. The van der Waals surface area contributed by atoms with Crippen LogP contribution in [-0.2, 0) is 14.3 Å². The normalized spacial score (nSPS) is 36.8. The zero-order valence-electron chi connectivity index (χ0n) is 9.96. The molecule has 1 heterocycles. The van der Waals surface area contributed by atoms with Crippen molar-refractivity contribution in [2.45, 2.75) is 75.6 Å². The summed E-state index contributed by atoms with van der Waals surface area (Å²) in [5, 5.41) is 0. The minimum absolute atomic E-state index is 0.110. The van der Waals surface area contributed by atoms with Crippen molar-refractivity contribution in [3.05, 3.63) is 0 Å². The fourth-order valence-corrected chi connectivity index (χ4v) is 3.39. The topological polar surface area (TPSA) is 38.8 Å². The van der Waals surface area contributed by atoms with E-state index in [1.54, 1.807) is 0 Å². The van der Waals surface area contributed by atoms with E-state index in [2.05, 4.69) is 0 Å². The van der Waals surface area contributed by atoms with Crippen LogP contribution in [0.4, 0.5) is 0 Å². The second-order valence-electron chi connectivity index (χ2n) is 5.65. The van der Waals surface area contributed by atoms with E-state index >= 15 is 0 Å². The average Bonchev–Trinajstić information content (AvgIpc) is 2.71. The fourth-order valence-electron chi connectivity index (χ4n) is 3.39. The number of carbonyl (C=O) groups is 1. The smallest absolute Gasteiger partial charge is 0.341 e. The zero-order valence-corrected chi connectivity index (χ0v) is 9.96. The molecule has 16 heavy (non-hydrogen) atoms. The Kier molecular flexibility index (Phi) is 2.29. The lowest BCUT2D eigenvalue weighted by Crippen LogP contribution is -2.33. The minimum atomic E-state index is -0.619. The molecule has 2 aliphatic carbocycles.